The number of hydrogen-bond acceptors (Lipinski definition) is 4. The van der Waals surface area contributed by atoms with E-state index in [0.29, 0.717) is 12.0 Å². The van der Waals surface area contributed by atoms with E-state index in [1.165, 1.54) is 0 Å². The van der Waals surface area contributed by atoms with Gasteiger partial charge in [0.1, 0.15) is 0 Å². The number of ether oxygens (including phenoxy) is 1. The average molecular weight is 241 g/mol. The first-order chi connectivity index (χ1) is 8.08. The summed E-state index contributed by atoms with van der Waals surface area (Å²) in [6.07, 6.45) is 1.16. The van der Waals surface area contributed by atoms with Crippen LogP contribution < -0.4 is 5.73 Å². The number of nitrogens with zero attached hydrogens (tertiary/aromatic N) is 2. The molecule has 0 bridgehead atoms. The van der Waals surface area contributed by atoms with E-state index in [2.05, 4.69) is 30.7 Å². The predicted molar refractivity (Wildman–Crippen MR) is 70.1 cm³/mol. The van der Waals surface area contributed by atoms with E-state index in [-0.39, 0.29) is 5.54 Å². The van der Waals surface area contributed by atoms with Crippen LogP contribution in [-0.4, -0.2) is 67.8 Å². The monoisotopic (exact) mass is 241 g/mol. The van der Waals surface area contributed by atoms with Crippen LogP contribution in [0.5, 0.6) is 0 Å². The van der Waals surface area contributed by atoms with Crippen molar-refractivity contribution in [2.24, 2.45) is 11.7 Å². The van der Waals surface area contributed by atoms with Crippen LogP contribution in [0.25, 0.3) is 0 Å². The molecule has 2 heterocycles. The minimum Gasteiger partial charge on any atom is -0.381 e. The minimum absolute atomic E-state index is 0.108. The molecule has 2 fully saturated rings. The molecule has 0 amide bonds. The molecule has 0 aromatic heterocycles. The Morgan fingerprint density at radius 1 is 1.41 bits per heavy atom. The Bertz CT molecular complexity index is 255. The van der Waals surface area contributed by atoms with Gasteiger partial charge in [0.15, 0.2) is 0 Å². The van der Waals surface area contributed by atoms with Gasteiger partial charge in [-0.1, -0.05) is 0 Å². The summed E-state index contributed by atoms with van der Waals surface area (Å²) >= 11 is 0. The maximum Gasteiger partial charge on any atom is 0.0513 e. The second kappa shape index (κ2) is 5.22. The summed E-state index contributed by atoms with van der Waals surface area (Å²) in [5, 5.41) is 0. The zero-order chi connectivity index (χ0) is 12.5. The van der Waals surface area contributed by atoms with Crippen LogP contribution in [0.3, 0.4) is 0 Å². The van der Waals surface area contributed by atoms with Gasteiger partial charge in [-0.05, 0) is 27.3 Å². The summed E-state index contributed by atoms with van der Waals surface area (Å²) < 4.78 is 5.56. The zero-order valence-corrected chi connectivity index (χ0v) is 11.5. The van der Waals surface area contributed by atoms with Crippen molar-refractivity contribution in [1.29, 1.82) is 0 Å². The third kappa shape index (κ3) is 2.50. The normalized spacial score (nSPS) is 36.0. The van der Waals surface area contributed by atoms with Crippen molar-refractivity contribution < 1.29 is 4.74 Å². The molecule has 3 unspecified atom stereocenters. The zero-order valence-electron chi connectivity index (χ0n) is 11.5. The number of nitrogens with two attached hydrogens (primary N) is 1. The van der Waals surface area contributed by atoms with Crippen molar-refractivity contribution in [1.82, 2.24) is 9.80 Å². The van der Waals surface area contributed by atoms with Crippen LogP contribution in [0.15, 0.2) is 0 Å². The molecule has 2 N–H and O–H groups in total. The molecule has 0 aromatic carbocycles. The Kier molecular flexibility index (Phi) is 4.08. The standard InChI is InChI=1S/C13H27N3O/c1-11-8-15(3)5-6-16(11)13(2,10-14)12-4-7-17-9-12/h11-12H,4-10,14H2,1-3H3. The fourth-order valence-electron chi connectivity index (χ4n) is 3.44. The second-order valence-electron chi connectivity index (χ2n) is 5.93. The first kappa shape index (κ1) is 13.3. The maximum atomic E-state index is 6.10. The van der Waals surface area contributed by atoms with Crippen LogP contribution in [0.1, 0.15) is 20.3 Å². The molecule has 0 saturated carbocycles. The van der Waals surface area contributed by atoms with Gasteiger partial charge >= 0.3 is 0 Å². The lowest BCUT2D eigenvalue weighted by atomic mass is 9.81. The quantitative estimate of drug-likeness (QED) is 0.775. The highest BCUT2D eigenvalue weighted by Gasteiger charge is 2.43. The largest absolute Gasteiger partial charge is 0.381 e. The lowest BCUT2D eigenvalue weighted by Crippen LogP contribution is -2.65. The number of piperazine rings is 1. The molecule has 0 radical (unpaired) electrons. The van der Waals surface area contributed by atoms with Crippen LogP contribution in [0, 0.1) is 5.92 Å². The first-order valence-corrected chi connectivity index (χ1v) is 6.81. The van der Waals surface area contributed by atoms with Gasteiger partial charge in [-0.25, -0.2) is 0 Å². The van der Waals surface area contributed by atoms with Gasteiger partial charge in [-0.3, -0.25) is 4.90 Å². The van der Waals surface area contributed by atoms with Crippen molar-refractivity contribution in [3.05, 3.63) is 0 Å². The summed E-state index contributed by atoms with van der Waals surface area (Å²) in [5.41, 5.74) is 6.21. The van der Waals surface area contributed by atoms with Gasteiger partial charge in [-0.15, -0.1) is 0 Å². The van der Waals surface area contributed by atoms with Gasteiger partial charge < -0.3 is 15.4 Å². The SMILES string of the molecule is CC1CN(C)CCN1C(C)(CN)C1CCOC1. The molecule has 2 rings (SSSR count). The Balaban J connectivity index is 2.10. The summed E-state index contributed by atoms with van der Waals surface area (Å²) in [6, 6.07) is 0.586. The average Bonchev–Trinajstić information content (AvgIpc) is 2.82. The highest BCUT2D eigenvalue weighted by atomic mass is 16.5. The molecule has 0 aliphatic carbocycles. The van der Waals surface area contributed by atoms with Crippen molar-refractivity contribution in [3.63, 3.8) is 0 Å². The van der Waals surface area contributed by atoms with E-state index in [0.717, 1.165) is 45.8 Å². The molecule has 2 aliphatic heterocycles. The van der Waals surface area contributed by atoms with Crippen molar-refractivity contribution >= 4 is 0 Å². The van der Waals surface area contributed by atoms with E-state index >= 15 is 0 Å². The number of likely N-dealkylation sites (N-methyl/N-ethyl adjacent to an activating group) is 1. The van der Waals surface area contributed by atoms with Gasteiger partial charge in [0.05, 0.1) is 6.61 Å². The summed E-state index contributed by atoms with van der Waals surface area (Å²) in [5.74, 6) is 0.596. The Morgan fingerprint density at radius 3 is 2.71 bits per heavy atom. The summed E-state index contributed by atoms with van der Waals surface area (Å²) in [7, 11) is 2.20. The smallest absolute Gasteiger partial charge is 0.0513 e. The van der Waals surface area contributed by atoms with E-state index in [9.17, 15) is 0 Å². The van der Waals surface area contributed by atoms with Crippen LogP contribution in [-0.2, 0) is 4.74 Å². The highest BCUT2D eigenvalue weighted by Crippen LogP contribution is 2.33. The second-order valence-corrected chi connectivity index (χ2v) is 5.93. The molecule has 0 spiro atoms. The van der Waals surface area contributed by atoms with Crippen LogP contribution in [0.2, 0.25) is 0 Å². The van der Waals surface area contributed by atoms with Crippen molar-refractivity contribution in [2.45, 2.75) is 31.8 Å². The highest BCUT2D eigenvalue weighted by molar-refractivity contribution is 4.99. The lowest BCUT2D eigenvalue weighted by Gasteiger charge is -2.51. The van der Waals surface area contributed by atoms with Crippen molar-refractivity contribution in [2.75, 3.05) is 46.4 Å². The van der Waals surface area contributed by atoms with Gasteiger partial charge in [0, 0.05) is 50.3 Å². The molecule has 2 aliphatic rings. The molecule has 4 nitrogen and oxygen atoms in total. The van der Waals surface area contributed by atoms with Gasteiger partial charge in [0.25, 0.3) is 0 Å². The molecule has 0 aromatic rings. The molecule has 17 heavy (non-hydrogen) atoms. The fraction of sp³-hybridized carbons (Fsp3) is 1.00. The molecular weight excluding hydrogens is 214 g/mol. The molecule has 3 atom stereocenters. The Labute approximate surface area is 105 Å². The number of rotatable bonds is 3. The van der Waals surface area contributed by atoms with Gasteiger partial charge in [-0.2, -0.15) is 0 Å². The maximum absolute atomic E-state index is 6.10. The van der Waals surface area contributed by atoms with Crippen molar-refractivity contribution in [3.8, 4) is 0 Å². The Morgan fingerprint density at radius 2 is 2.18 bits per heavy atom. The molecule has 4 heteroatoms. The van der Waals surface area contributed by atoms with Gasteiger partial charge in [0.2, 0.25) is 0 Å². The van der Waals surface area contributed by atoms with E-state index in [4.69, 9.17) is 10.5 Å². The summed E-state index contributed by atoms with van der Waals surface area (Å²) in [4.78, 5) is 5.02. The van der Waals surface area contributed by atoms with E-state index in [1.807, 2.05) is 0 Å². The number of hydrogen-bond donors (Lipinski definition) is 1. The van der Waals surface area contributed by atoms with Crippen LogP contribution in [0.4, 0.5) is 0 Å². The third-order valence-electron chi connectivity index (χ3n) is 4.71. The fourth-order valence-corrected chi connectivity index (χ4v) is 3.44. The molecule has 100 valence electrons. The lowest BCUT2D eigenvalue weighted by molar-refractivity contribution is -0.0222. The first-order valence-electron chi connectivity index (χ1n) is 6.81. The molecule has 2 saturated heterocycles. The topological polar surface area (TPSA) is 41.7 Å². The van der Waals surface area contributed by atoms with E-state index < -0.39 is 0 Å². The summed E-state index contributed by atoms with van der Waals surface area (Å²) in [6.45, 7) is 10.6. The Hall–Kier alpha value is -0.160. The van der Waals surface area contributed by atoms with E-state index in [1.54, 1.807) is 0 Å². The van der Waals surface area contributed by atoms with Crippen LogP contribution >= 0.6 is 0 Å². The predicted octanol–water partition coefficient (Wildman–Crippen LogP) is 0.376. The molecular formula is C13H27N3O. The minimum atomic E-state index is 0.108. The third-order valence-corrected chi connectivity index (χ3v) is 4.71.